The Morgan fingerprint density at radius 1 is 1.00 bits per heavy atom. The standard InChI is InChI=1S/C27H29N3O4/c31-25(32)18-22-17-23(29-33-22)19-9-11-20(12-10-19)26-28-24(34-30-26)13-16-27(14-5-2-6-15-27)21-7-3-1-4-8-21/h1,3-4,7-12,22H,2,5-6,13-18H2,(H,31,32)/t22-/m1/s1. The molecule has 34 heavy (non-hydrogen) atoms. The van der Waals surface area contributed by atoms with E-state index in [0.29, 0.717) is 18.1 Å². The van der Waals surface area contributed by atoms with Crippen LogP contribution in [0.1, 0.15) is 68.4 Å². The molecule has 2 aliphatic rings. The summed E-state index contributed by atoms with van der Waals surface area (Å²) in [6.45, 7) is 0. The van der Waals surface area contributed by atoms with Gasteiger partial charge in [0.25, 0.3) is 0 Å². The van der Waals surface area contributed by atoms with E-state index in [9.17, 15) is 4.79 Å². The van der Waals surface area contributed by atoms with Crippen LogP contribution in [0.2, 0.25) is 0 Å². The van der Waals surface area contributed by atoms with Crippen LogP contribution in [0.5, 0.6) is 0 Å². The molecule has 0 amide bonds. The number of carbonyl (C=O) groups is 1. The van der Waals surface area contributed by atoms with Gasteiger partial charge >= 0.3 is 5.97 Å². The van der Waals surface area contributed by atoms with E-state index in [1.54, 1.807) is 0 Å². The monoisotopic (exact) mass is 459 g/mol. The Kier molecular flexibility index (Phi) is 6.43. The minimum absolute atomic E-state index is 0.0533. The van der Waals surface area contributed by atoms with Gasteiger partial charge in [0.15, 0.2) is 0 Å². The van der Waals surface area contributed by atoms with Crippen molar-refractivity contribution in [2.75, 3.05) is 0 Å². The van der Waals surface area contributed by atoms with Gasteiger partial charge in [-0.25, -0.2) is 0 Å². The van der Waals surface area contributed by atoms with Crippen LogP contribution < -0.4 is 0 Å². The molecule has 1 N–H and O–H groups in total. The summed E-state index contributed by atoms with van der Waals surface area (Å²) >= 11 is 0. The van der Waals surface area contributed by atoms with Gasteiger partial charge in [-0.1, -0.05) is 84.2 Å². The lowest BCUT2D eigenvalue weighted by molar-refractivity contribution is -0.139. The van der Waals surface area contributed by atoms with E-state index in [2.05, 4.69) is 45.6 Å². The number of benzene rings is 2. The topological polar surface area (TPSA) is 97.8 Å². The number of oxime groups is 1. The van der Waals surface area contributed by atoms with Crippen LogP contribution in [0.3, 0.4) is 0 Å². The largest absolute Gasteiger partial charge is 0.481 e. The normalized spacial score (nSPS) is 19.4. The molecular formula is C27H29N3O4. The highest BCUT2D eigenvalue weighted by molar-refractivity contribution is 6.01. The Hall–Kier alpha value is -3.48. The Labute approximate surface area is 198 Å². The molecule has 0 bridgehead atoms. The molecule has 0 radical (unpaired) electrons. The van der Waals surface area contributed by atoms with Gasteiger partial charge in [0.1, 0.15) is 6.10 Å². The average molecular weight is 460 g/mol. The summed E-state index contributed by atoms with van der Waals surface area (Å²) in [5.41, 5.74) is 4.15. The van der Waals surface area contributed by atoms with Gasteiger partial charge in [-0.05, 0) is 35.8 Å². The zero-order chi connectivity index (χ0) is 23.4. The highest BCUT2D eigenvalue weighted by Gasteiger charge is 2.34. The Balaban J connectivity index is 1.24. The van der Waals surface area contributed by atoms with Crippen molar-refractivity contribution in [2.24, 2.45) is 5.16 Å². The third kappa shape index (κ3) is 4.88. The molecule has 0 saturated heterocycles. The maximum absolute atomic E-state index is 10.9. The highest BCUT2D eigenvalue weighted by atomic mass is 16.6. The molecule has 7 nitrogen and oxygen atoms in total. The summed E-state index contributed by atoms with van der Waals surface area (Å²) in [4.78, 5) is 20.8. The molecule has 7 heteroatoms. The zero-order valence-corrected chi connectivity index (χ0v) is 19.2. The molecule has 1 aromatic heterocycles. The Morgan fingerprint density at radius 3 is 2.47 bits per heavy atom. The van der Waals surface area contributed by atoms with Crippen LogP contribution in [0.25, 0.3) is 11.4 Å². The SMILES string of the molecule is O=C(O)C[C@H]1CC(c2ccc(-c3noc(CCC4(c5ccccc5)CCCCC4)n3)cc2)=NO1. The number of hydrogen-bond acceptors (Lipinski definition) is 6. The molecule has 176 valence electrons. The van der Waals surface area contributed by atoms with Crippen LogP contribution in [-0.2, 0) is 21.5 Å². The minimum atomic E-state index is -0.886. The number of rotatable bonds is 8. The van der Waals surface area contributed by atoms with Crippen molar-refractivity contribution in [3.8, 4) is 11.4 Å². The smallest absolute Gasteiger partial charge is 0.307 e. The predicted molar refractivity (Wildman–Crippen MR) is 128 cm³/mol. The van der Waals surface area contributed by atoms with E-state index in [1.165, 1.54) is 37.7 Å². The number of carboxylic acids is 1. The van der Waals surface area contributed by atoms with Crippen molar-refractivity contribution in [3.63, 3.8) is 0 Å². The van der Waals surface area contributed by atoms with Crippen molar-refractivity contribution in [2.45, 2.75) is 69.3 Å². The number of hydrogen-bond donors (Lipinski definition) is 1. The number of carboxylic acid groups (broad SMARTS) is 1. The number of aryl methyl sites for hydroxylation is 1. The lowest BCUT2D eigenvalue weighted by atomic mass is 9.67. The van der Waals surface area contributed by atoms with Crippen LogP contribution in [-0.4, -0.2) is 33.0 Å². The van der Waals surface area contributed by atoms with Gasteiger partial charge in [0.2, 0.25) is 11.7 Å². The molecule has 2 aromatic carbocycles. The van der Waals surface area contributed by atoms with E-state index < -0.39 is 12.1 Å². The van der Waals surface area contributed by atoms with Crippen molar-refractivity contribution in [1.82, 2.24) is 10.1 Å². The van der Waals surface area contributed by atoms with Gasteiger partial charge in [-0.3, -0.25) is 4.79 Å². The van der Waals surface area contributed by atoms with Crippen molar-refractivity contribution in [1.29, 1.82) is 0 Å². The first-order valence-corrected chi connectivity index (χ1v) is 12.0. The van der Waals surface area contributed by atoms with Gasteiger partial charge < -0.3 is 14.5 Å². The van der Waals surface area contributed by atoms with Crippen LogP contribution in [0, 0.1) is 0 Å². The summed E-state index contributed by atoms with van der Waals surface area (Å²) < 4.78 is 5.61. The average Bonchev–Trinajstić information content (AvgIpc) is 3.54. The second kappa shape index (κ2) is 9.79. The first-order valence-electron chi connectivity index (χ1n) is 12.0. The number of aliphatic carboxylic acids is 1. The maximum Gasteiger partial charge on any atom is 0.307 e. The van der Waals surface area contributed by atoms with Gasteiger partial charge in [-0.15, -0.1) is 0 Å². The highest BCUT2D eigenvalue weighted by Crippen LogP contribution is 2.42. The zero-order valence-electron chi connectivity index (χ0n) is 19.2. The van der Waals surface area contributed by atoms with Crippen LogP contribution in [0.4, 0.5) is 0 Å². The van der Waals surface area contributed by atoms with Crippen LogP contribution in [0.15, 0.2) is 64.3 Å². The van der Waals surface area contributed by atoms with Crippen molar-refractivity contribution >= 4 is 11.7 Å². The van der Waals surface area contributed by atoms with E-state index in [0.717, 1.165) is 29.7 Å². The lowest BCUT2D eigenvalue weighted by Crippen LogP contribution is -2.29. The third-order valence-corrected chi connectivity index (χ3v) is 7.09. The molecule has 0 spiro atoms. The summed E-state index contributed by atoms with van der Waals surface area (Å²) in [7, 11) is 0. The third-order valence-electron chi connectivity index (χ3n) is 7.09. The summed E-state index contributed by atoms with van der Waals surface area (Å²) in [6.07, 6.45) is 8.06. The molecule has 3 aromatic rings. The minimum Gasteiger partial charge on any atom is -0.481 e. The molecule has 2 heterocycles. The molecule has 1 fully saturated rings. The number of nitrogens with zero attached hydrogens (tertiary/aromatic N) is 3. The molecule has 1 atom stereocenters. The van der Waals surface area contributed by atoms with E-state index >= 15 is 0 Å². The van der Waals surface area contributed by atoms with Gasteiger partial charge in [-0.2, -0.15) is 4.98 Å². The maximum atomic E-state index is 10.9. The van der Waals surface area contributed by atoms with E-state index in [4.69, 9.17) is 14.5 Å². The fraction of sp³-hybridized carbons (Fsp3) is 0.407. The Bertz CT molecular complexity index is 1150. The fourth-order valence-corrected chi connectivity index (χ4v) is 5.24. The summed E-state index contributed by atoms with van der Waals surface area (Å²) in [6, 6.07) is 18.6. The summed E-state index contributed by atoms with van der Waals surface area (Å²) in [5, 5.41) is 17.2. The quantitative estimate of drug-likeness (QED) is 0.475. The number of aromatic nitrogens is 2. The van der Waals surface area contributed by atoms with E-state index in [-0.39, 0.29) is 11.8 Å². The first-order chi connectivity index (χ1) is 16.6. The second-order valence-corrected chi connectivity index (χ2v) is 9.36. The van der Waals surface area contributed by atoms with Crippen molar-refractivity contribution in [3.05, 3.63) is 71.6 Å². The van der Waals surface area contributed by atoms with E-state index in [1.807, 2.05) is 24.3 Å². The summed E-state index contributed by atoms with van der Waals surface area (Å²) in [5.74, 6) is 0.361. The molecule has 1 aliphatic carbocycles. The van der Waals surface area contributed by atoms with Gasteiger partial charge in [0.05, 0.1) is 12.1 Å². The van der Waals surface area contributed by atoms with Crippen molar-refractivity contribution < 1.29 is 19.3 Å². The Morgan fingerprint density at radius 2 is 1.74 bits per heavy atom. The first kappa shape index (κ1) is 22.3. The molecule has 5 rings (SSSR count). The fourth-order valence-electron chi connectivity index (χ4n) is 5.24. The van der Waals surface area contributed by atoms with Gasteiger partial charge in [0, 0.05) is 18.4 Å². The lowest BCUT2D eigenvalue weighted by Gasteiger charge is -2.38. The molecule has 1 saturated carbocycles. The molecular weight excluding hydrogens is 430 g/mol. The molecule has 0 unspecified atom stereocenters. The predicted octanol–water partition coefficient (Wildman–Crippen LogP) is 5.54. The second-order valence-electron chi connectivity index (χ2n) is 9.36. The van der Waals surface area contributed by atoms with Crippen LogP contribution >= 0.6 is 0 Å². The molecule has 1 aliphatic heterocycles.